The molecule has 0 aromatic heterocycles. The first-order valence-electron chi connectivity index (χ1n) is 8.14. The molecule has 0 saturated carbocycles. The van der Waals surface area contributed by atoms with Crippen LogP contribution in [0, 0.1) is 5.82 Å². The fourth-order valence-corrected chi connectivity index (χ4v) is 2.51. The van der Waals surface area contributed by atoms with E-state index >= 15 is 0 Å². The van der Waals surface area contributed by atoms with Crippen LogP contribution >= 0.6 is 0 Å². The van der Waals surface area contributed by atoms with Gasteiger partial charge in [-0.15, -0.1) is 0 Å². The highest BCUT2D eigenvalue weighted by Gasteiger charge is 2.28. The Labute approximate surface area is 151 Å². The van der Waals surface area contributed by atoms with Gasteiger partial charge in [0, 0.05) is 19.6 Å². The molecule has 2 N–H and O–H groups in total. The van der Waals surface area contributed by atoms with Crippen LogP contribution in [0.1, 0.15) is 0 Å². The van der Waals surface area contributed by atoms with Gasteiger partial charge in [-0.2, -0.15) is 0 Å². The summed E-state index contributed by atoms with van der Waals surface area (Å²) in [4.78, 5) is 24.5. The summed E-state index contributed by atoms with van der Waals surface area (Å²) in [5.74, 6) is -0.00850. The highest BCUT2D eigenvalue weighted by atomic mass is 19.1. The molecule has 1 amide bonds. The van der Waals surface area contributed by atoms with Crippen molar-refractivity contribution < 1.29 is 33.7 Å². The molecule has 1 fully saturated rings. The third-order valence-electron chi connectivity index (χ3n) is 3.73. The van der Waals surface area contributed by atoms with Crippen LogP contribution in [0.2, 0.25) is 0 Å². The molecule has 0 aliphatic carbocycles. The molecule has 2 rings (SSSR count). The third kappa shape index (κ3) is 7.77. The Hall–Kier alpha value is -2.23. The van der Waals surface area contributed by atoms with Gasteiger partial charge in [0.05, 0.1) is 25.9 Å². The number of nitrogens with zero attached hydrogens (tertiary/aromatic N) is 2. The number of aliphatic hydroxyl groups is 1. The number of hydrogen-bond acceptors (Lipinski definition) is 6. The van der Waals surface area contributed by atoms with Crippen LogP contribution in [0.15, 0.2) is 24.3 Å². The Kier molecular flexibility index (Phi) is 10.2. The number of aliphatic hydroxyl groups excluding tert-OH is 1. The minimum atomic E-state index is -0.344. The first-order valence-corrected chi connectivity index (χ1v) is 8.14. The zero-order valence-electron chi connectivity index (χ0n) is 14.7. The van der Waals surface area contributed by atoms with E-state index in [-0.39, 0.29) is 37.5 Å². The van der Waals surface area contributed by atoms with Crippen LogP contribution in [0.25, 0.3) is 0 Å². The second kappa shape index (κ2) is 12.2. The van der Waals surface area contributed by atoms with Crippen LogP contribution in [-0.2, 0) is 14.3 Å². The lowest BCUT2D eigenvalue weighted by Crippen LogP contribution is -2.54. The van der Waals surface area contributed by atoms with Crippen molar-refractivity contribution in [3.63, 3.8) is 0 Å². The van der Waals surface area contributed by atoms with E-state index in [4.69, 9.17) is 24.5 Å². The molecule has 1 heterocycles. The number of carbonyl (C=O) groups excluding carboxylic acids is 1. The molecule has 1 atom stereocenters. The van der Waals surface area contributed by atoms with E-state index in [1.54, 1.807) is 4.90 Å². The predicted octanol–water partition coefficient (Wildman–Crippen LogP) is 0.0568. The molecule has 1 unspecified atom stereocenters. The van der Waals surface area contributed by atoms with Gasteiger partial charge in [-0.05, 0) is 31.3 Å². The quantitative estimate of drug-likeness (QED) is 0.653. The van der Waals surface area contributed by atoms with E-state index in [0.29, 0.717) is 38.6 Å². The zero-order valence-corrected chi connectivity index (χ0v) is 14.7. The molecule has 0 radical (unpaired) electrons. The molecule has 26 heavy (non-hydrogen) atoms. The number of carboxylic acid groups (broad SMARTS) is 1. The maximum atomic E-state index is 12.8. The number of hydrogen-bond donors (Lipinski definition) is 2. The van der Waals surface area contributed by atoms with Crippen LogP contribution < -0.4 is 4.74 Å². The number of benzene rings is 1. The summed E-state index contributed by atoms with van der Waals surface area (Å²) in [7, 11) is 1.89. The lowest BCUT2D eigenvalue weighted by atomic mass is 10.2. The van der Waals surface area contributed by atoms with E-state index < -0.39 is 0 Å². The van der Waals surface area contributed by atoms with Gasteiger partial charge in [0.2, 0.25) is 0 Å². The number of ether oxygens (including phenoxy) is 2. The minimum absolute atomic E-state index is 0.0652. The molecular weight excluding hydrogens is 347 g/mol. The standard InChI is InChI=1S/C16H23FN2O4.CH2O2/c1-18(6-8-20)10-14-11-22-9-7-19(14)16(21)12-23-15-4-2-13(17)3-5-15;2-1-3/h2-5,14,20H,6-12H2,1H3;1H,(H,2,3). The lowest BCUT2D eigenvalue weighted by molar-refractivity contribution is -0.142. The predicted molar refractivity (Wildman–Crippen MR) is 91.5 cm³/mol. The summed E-state index contributed by atoms with van der Waals surface area (Å²) in [6.07, 6.45) is 0. The molecule has 1 aliphatic rings. The van der Waals surface area contributed by atoms with Gasteiger partial charge < -0.3 is 29.5 Å². The molecule has 1 aromatic rings. The maximum absolute atomic E-state index is 12.8. The third-order valence-corrected chi connectivity index (χ3v) is 3.73. The van der Waals surface area contributed by atoms with E-state index in [9.17, 15) is 9.18 Å². The fraction of sp³-hybridized carbons (Fsp3) is 0.529. The van der Waals surface area contributed by atoms with Crippen molar-refractivity contribution in [2.24, 2.45) is 0 Å². The number of likely N-dealkylation sites (N-methyl/N-ethyl adjacent to an activating group) is 1. The van der Waals surface area contributed by atoms with Gasteiger partial charge in [0.25, 0.3) is 12.4 Å². The number of amides is 1. The molecular formula is C17H25FN2O6. The largest absolute Gasteiger partial charge is 0.484 e. The average Bonchev–Trinajstić information content (AvgIpc) is 2.62. The van der Waals surface area contributed by atoms with Gasteiger partial charge in [-0.25, -0.2) is 4.39 Å². The van der Waals surface area contributed by atoms with Crippen LogP contribution in [0.4, 0.5) is 4.39 Å². The van der Waals surface area contributed by atoms with Crippen molar-refractivity contribution in [3.8, 4) is 5.75 Å². The van der Waals surface area contributed by atoms with Crippen molar-refractivity contribution in [1.29, 1.82) is 0 Å². The van der Waals surface area contributed by atoms with E-state index in [1.165, 1.54) is 24.3 Å². The minimum Gasteiger partial charge on any atom is -0.484 e. The summed E-state index contributed by atoms with van der Waals surface area (Å²) >= 11 is 0. The van der Waals surface area contributed by atoms with Gasteiger partial charge in [-0.1, -0.05) is 0 Å². The average molecular weight is 372 g/mol. The van der Waals surface area contributed by atoms with Gasteiger partial charge >= 0.3 is 0 Å². The van der Waals surface area contributed by atoms with E-state index in [2.05, 4.69) is 0 Å². The highest BCUT2D eigenvalue weighted by Crippen LogP contribution is 2.13. The molecule has 146 valence electrons. The van der Waals surface area contributed by atoms with Crippen LogP contribution in [0.5, 0.6) is 5.75 Å². The lowest BCUT2D eigenvalue weighted by Gasteiger charge is -2.37. The molecule has 1 aromatic carbocycles. The van der Waals surface area contributed by atoms with Crippen LogP contribution in [-0.4, -0.2) is 91.5 Å². The SMILES string of the molecule is CN(CCO)CC1COCCN1C(=O)COc1ccc(F)cc1.O=CO. The monoisotopic (exact) mass is 372 g/mol. The van der Waals surface area contributed by atoms with Crippen molar-refractivity contribution in [2.75, 3.05) is 53.1 Å². The molecule has 0 spiro atoms. The number of carbonyl (C=O) groups is 2. The van der Waals surface area contributed by atoms with Crippen molar-refractivity contribution >= 4 is 12.4 Å². The summed E-state index contributed by atoms with van der Waals surface area (Å²) < 4.78 is 23.7. The Morgan fingerprint density at radius 2 is 2.12 bits per heavy atom. The number of halogens is 1. The number of rotatable bonds is 7. The smallest absolute Gasteiger partial charge is 0.290 e. The second-order valence-electron chi connectivity index (χ2n) is 5.65. The van der Waals surface area contributed by atoms with Crippen molar-refractivity contribution in [1.82, 2.24) is 9.80 Å². The molecule has 1 saturated heterocycles. The molecule has 9 heteroatoms. The highest BCUT2D eigenvalue weighted by molar-refractivity contribution is 5.78. The van der Waals surface area contributed by atoms with Crippen molar-refractivity contribution in [2.45, 2.75) is 6.04 Å². The maximum Gasteiger partial charge on any atom is 0.290 e. The summed E-state index contributed by atoms with van der Waals surface area (Å²) in [6.45, 7) is 2.40. The molecule has 8 nitrogen and oxygen atoms in total. The van der Waals surface area contributed by atoms with Crippen LogP contribution in [0.3, 0.4) is 0 Å². The first kappa shape index (κ1) is 21.8. The van der Waals surface area contributed by atoms with E-state index in [0.717, 1.165) is 0 Å². The zero-order chi connectivity index (χ0) is 19.4. The molecule has 0 bridgehead atoms. The normalized spacial score (nSPS) is 16.6. The first-order chi connectivity index (χ1) is 12.5. The summed E-state index contributed by atoms with van der Waals surface area (Å²) in [5, 5.41) is 15.9. The topological polar surface area (TPSA) is 99.5 Å². The Morgan fingerprint density at radius 3 is 2.73 bits per heavy atom. The van der Waals surface area contributed by atoms with Crippen molar-refractivity contribution in [3.05, 3.63) is 30.1 Å². The Morgan fingerprint density at radius 1 is 1.46 bits per heavy atom. The summed E-state index contributed by atoms with van der Waals surface area (Å²) in [6, 6.07) is 5.51. The second-order valence-corrected chi connectivity index (χ2v) is 5.65. The van der Waals surface area contributed by atoms with Gasteiger partial charge in [-0.3, -0.25) is 9.59 Å². The molecule has 1 aliphatic heterocycles. The Bertz CT molecular complexity index is 543. The Balaban J connectivity index is 0.00000105. The summed E-state index contributed by atoms with van der Waals surface area (Å²) in [5.41, 5.74) is 0. The van der Waals surface area contributed by atoms with E-state index in [1.807, 2.05) is 11.9 Å². The fourth-order valence-electron chi connectivity index (χ4n) is 2.51. The van der Waals surface area contributed by atoms with Gasteiger partial charge in [0.1, 0.15) is 11.6 Å². The van der Waals surface area contributed by atoms with Gasteiger partial charge in [0.15, 0.2) is 6.61 Å². The number of morpholine rings is 1.